The second-order valence-corrected chi connectivity index (χ2v) is 10.4. The van der Waals surface area contributed by atoms with Crippen LogP contribution in [0.1, 0.15) is 21.6 Å². The summed E-state index contributed by atoms with van der Waals surface area (Å²) in [4.78, 5) is 16.7. The average molecular weight is 439 g/mol. The third kappa shape index (κ3) is 4.23. The van der Waals surface area contributed by atoms with Crippen LogP contribution in [0.4, 0.5) is 0 Å². The van der Waals surface area contributed by atoms with E-state index in [4.69, 9.17) is 0 Å². The maximum Gasteiger partial charge on any atom is 0.252 e. The highest BCUT2D eigenvalue weighted by atomic mass is 32.2. The second-order valence-electron chi connectivity index (χ2n) is 7.38. The number of aryl methyl sites for hydroxylation is 2. The van der Waals surface area contributed by atoms with Gasteiger partial charge >= 0.3 is 0 Å². The molecule has 5 nitrogen and oxygen atoms in total. The zero-order valence-corrected chi connectivity index (χ0v) is 18.4. The summed E-state index contributed by atoms with van der Waals surface area (Å²) in [6.07, 6.45) is 0. The van der Waals surface area contributed by atoms with Crippen LogP contribution in [0.15, 0.2) is 75.7 Å². The maximum atomic E-state index is 13.4. The predicted octanol–water partition coefficient (Wildman–Crippen LogP) is 4.60. The van der Waals surface area contributed by atoms with Crippen LogP contribution in [0.25, 0.3) is 10.9 Å². The van der Waals surface area contributed by atoms with Crippen LogP contribution < -0.4 is 5.56 Å². The van der Waals surface area contributed by atoms with Crippen molar-refractivity contribution in [2.45, 2.75) is 31.8 Å². The molecule has 0 bridgehead atoms. The molecular weight excluding hydrogens is 416 g/mol. The summed E-state index contributed by atoms with van der Waals surface area (Å²) < 4.78 is 28.2. The molecule has 4 aromatic rings. The molecule has 30 heavy (non-hydrogen) atoms. The van der Waals surface area contributed by atoms with Crippen LogP contribution in [0, 0.1) is 13.8 Å². The lowest BCUT2D eigenvalue weighted by molar-refractivity contribution is 0.402. The normalized spacial score (nSPS) is 12.0. The van der Waals surface area contributed by atoms with E-state index in [1.807, 2.05) is 49.6 Å². The minimum absolute atomic E-state index is 0.00669. The Bertz CT molecular complexity index is 1340. The quantitative estimate of drug-likeness (QED) is 0.478. The van der Waals surface area contributed by atoms with Gasteiger partial charge in [0.15, 0.2) is 0 Å². The Morgan fingerprint density at radius 2 is 1.67 bits per heavy atom. The molecule has 0 saturated heterocycles. The number of thiophene rings is 1. The molecule has 2 aromatic carbocycles. The van der Waals surface area contributed by atoms with Crippen molar-refractivity contribution in [3.63, 3.8) is 0 Å². The zero-order chi connectivity index (χ0) is 21.3. The van der Waals surface area contributed by atoms with Crippen molar-refractivity contribution < 1.29 is 8.42 Å². The van der Waals surface area contributed by atoms with E-state index in [2.05, 4.69) is 4.98 Å². The summed E-state index contributed by atoms with van der Waals surface area (Å²) >= 11 is 1.49. The minimum atomic E-state index is -3.78. The Morgan fingerprint density at radius 3 is 2.37 bits per heavy atom. The Balaban J connectivity index is 1.76. The van der Waals surface area contributed by atoms with Gasteiger partial charge in [0.1, 0.15) is 0 Å². The smallest absolute Gasteiger partial charge is 0.252 e. The maximum absolute atomic E-state index is 13.4. The van der Waals surface area contributed by atoms with Crippen molar-refractivity contribution in [2.75, 3.05) is 0 Å². The molecule has 0 saturated carbocycles. The van der Waals surface area contributed by atoms with E-state index in [-0.39, 0.29) is 23.5 Å². The van der Waals surface area contributed by atoms with E-state index in [0.29, 0.717) is 5.56 Å². The number of nitrogens with zero attached hydrogens (tertiary/aromatic N) is 1. The van der Waals surface area contributed by atoms with Crippen LogP contribution in [0.5, 0.6) is 0 Å². The van der Waals surface area contributed by atoms with Crippen molar-refractivity contribution >= 4 is 32.3 Å². The number of nitrogens with one attached hydrogen (secondary N) is 1. The van der Waals surface area contributed by atoms with Crippen LogP contribution >= 0.6 is 11.3 Å². The summed E-state index contributed by atoms with van der Waals surface area (Å²) in [5, 5.41) is 2.79. The van der Waals surface area contributed by atoms with E-state index >= 15 is 0 Å². The molecule has 7 heteroatoms. The first-order valence-electron chi connectivity index (χ1n) is 9.55. The lowest BCUT2D eigenvalue weighted by atomic mass is 10.1. The van der Waals surface area contributed by atoms with Gasteiger partial charge < -0.3 is 4.98 Å². The summed E-state index contributed by atoms with van der Waals surface area (Å²) in [5.41, 5.74) is 2.92. The fraction of sp³-hybridized carbons (Fsp3) is 0.174. The first-order valence-corrected chi connectivity index (χ1v) is 11.9. The molecule has 4 rings (SSSR count). The number of aromatic amines is 1. The fourth-order valence-corrected chi connectivity index (χ4v) is 5.53. The number of aromatic nitrogens is 1. The van der Waals surface area contributed by atoms with Crippen molar-refractivity contribution in [2.24, 2.45) is 0 Å². The van der Waals surface area contributed by atoms with Crippen molar-refractivity contribution in [1.29, 1.82) is 0 Å². The summed E-state index contributed by atoms with van der Waals surface area (Å²) in [5.74, 6) is 0. The molecule has 0 aliphatic heterocycles. The Hall–Kier alpha value is -2.74. The fourth-order valence-electron chi connectivity index (χ4n) is 3.33. The Labute approximate surface area is 179 Å². The molecule has 0 aliphatic rings. The molecule has 1 N–H and O–H groups in total. The zero-order valence-electron chi connectivity index (χ0n) is 16.8. The number of H-pyrrole nitrogens is 1. The van der Waals surface area contributed by atoms with Crippen molar-refractivity contribution in [3.8, 4) is 0 Å². The lowest BCUT2D eigenvalue weighted by Crippen LogP contribution is -2.32. The van der Waals surface area contributed by atoms with Crippen LogP contribution in [0.3, 0.4) is 0 Å². The number of pyridine rings is 1. The largest absolute Gasteiger partial charge is 0.322 e. The predicted molar refractivity (Wildman–Crippen MR) is 121 cm³/mol. The number of rotatable bonds is 6. The molecule has 0 unspecified atom stereocenters. The number of hydrogen-bond acceptors (Lipinski definition) is 4. The molecule has 0 aliphatic carbocycles. The molecule has 2 aromatic heterocycles. The Kier molecular flexibility index (Phi) is 5.60. The molecular formula is C23H22N2O3S2. The van der Waals surface area contributed by atoms with Gasteiger partial charge in [0, 0.05) is 29.0 Å². The highest BCUT2D eigenvalue weighted by molar-refractivity contribution is 7.89. The van der Waals surface area contributed by atoms with Crippen molar-refractivity contribution in [1.82, 2.24) is 9.29 Å². The van der Waals surface area contributed by atoms with E-state index < -0.39 is 10.0 Å². The van der Waals surface area contributed by atoms with Crippen LogP contribution in [-0.4, -0.2) is 17.7 Å². The van der Waals surface area contributed by atoms with E-state index in [9.17, 15) is 13.2 Å². The number of benzene rings is 2. The highest BCUT2D eigenvalue weighted by Gasteiger charge is 2.26. The van der Waals surface area contributed by atoms with Crippen LogP contribution in [-0.2, 0) is 23.1 Å². The minimum Gasteiger partial charge on any atom is -0.322 e. The number of hydrogen-bond donors (Lipinski definition) is 1. The van der Waals surface area contributed by atoms with Gasteiger partial charge in [-0.15, -0.1) is 11.3 Å². The first-order chi connectivity index (χ1) is 14.3. The Morgan fingerprint density at radius 1 is 0.933 bits per heavy atom. The van der Waals surface area contributed by atoms with E-state index in [1.165, 1.54) is 15.6 Å². The monoisotopic (exact) mass is 438 g/mol. The summed E-state index contributed by atoms with van der Waals surface area (Å²) in [6.45, 7) is 4.07. The van der Waals surface area contributed by atoms with E-state index in [1.54, 1.807) is 30.3 Å². The second kappa shape index (κ2) is 8.18. The molecule has 154 valence electrons. The lowest BCUT2D eigenvalue weighted by Gasteiger charge is -2.22. The standard InChI is InChI=1S/C23H22N2O3S2/c1-16-6-9-21(10-7-16)30(27,28)25(15-20-4-3-11-29-20)14-19-13-18-8-5-17(2)12-22(18)24-23(19)26/h3-13H,14-15H2,1-2H3,(H,24,26). The number of sulfonamides is 1. The topological polar surface area (TPSA) is 70.2 Å². The van der Waals surface area contributed by atoms with Gasteiger partial charge in [-0.1, -0.05) is 35.9 Å². The van der Waals surface area contributed by atoms with Gasteiger partial charge in [-0.2, -0.15) is 4.31 Å². The van der Waals surface area contributed by atoms with Gasteiger partial charge in [0.2, 0.25) is 10.0 Å². The molecule has 0 fully saturated rings. The summed E-state index contributed by atoms with van der Waals surface area (Å²) in [6, 6.07) is 18.2. The molecule has 0 amide bonds. The van der Waals surface area contributed by atoms with Gasteiger partial charge in [0.05, 0.1) is 4.90 Å². The van der Waals surface area contributed by atoms with Gasteiger partial charge in [0.25, 0.3) is 5.56 Å². The van der Waals surface area contributed by atoms with Crippen LogP contribution in [0.2, 0.25) is 0 Å². The first kappa shape index (κ1) is 20.5. The third-order valence-electron chi connectivity index (χ3n) is 5.00. The SMILES string of the molecule is Cc1ccc(S(=O)(=O)N(Cc2cccs2)Cc2cc3ccc(C)cc3[nH]c2=O)cc1. The van der Waals surface area contributed by atoms with Gasteiger partial charge in [-0.3, -0.25) is 4.79 Å². The van der Waals surface area contributed by atoms with E-state index in [0.717, 1.165) is 26.9 Å². The highest BCUT2D eigenvalue weighted by Crippen LogP contribution is 2.23. The summed E-state index contributed by atoms with van der Waals surface area (Å²) in [7, 11) is -3.78. The molecule has 0 spiro atoms. The molecule has 0 atom stereocenters. The van der Waals surface area contributed by atoms with Gasteiger partial charge in [-0.25, -0.2) is 8.42 Å². The molecule has 0 radical (unpaired) electrons. The molecule has 2 heterocycles. The van der Waals surface area contributed by atoms with Crippen molar-refractivity contribution in [3.05, 3.63) is 98.0 Å². The number of fused-ring (bicyclic) bond motifs is 1. The van der Waals surface area contributed by atoms with Gasteiger partial charge in [-0.05, 0) is 60.5 Å². The average Bonchev–Trinajstić information content (AvgIpc) is 3.21. The third-order valence-corrected chi connectivity index (χ3v) is 7.66.